The van der Waals surface area contributed by atoms with E-state index in [2.05, 4.69) is 25.3 Å². The van der Waals surface area contributed by atoms with E-state index < -0.39 is 11.6 Å². The highest BCUT2D eigenvalue weighted by atomic mass is 32.1. The molecular formula is C19H17F2N7OS. The molecular weight excluding hydrogens is 412 g/mol. The summed E-state index contributed by atoms with van der Waals surface area (Å²) < 4.78 is 35.3. The maximum atomic E-state index is 15.7. The third-order valence-electron chi connectivity index (χ3n) is 5.01. The highest BCUT2D eigenvalue weighted by Crippen LogP contribution is 2.37. The second kappa shape index (κ2) is 7.26. The van der Waals surface area contributed by atoms with Crippen LogP contribution in [0.25, 0.3) is 32.4 Å². The Bertz CT molecular complexity index is 1270. The number of hydrogen-bond acceptors (Lipinski definition) is 9. The fourth-order valence-electron chi connectivity index (χ4n) is 3.60. The average Bonchev–Trinajstić information content (AvgIpc) is 3.17. The molecule has 0 bridgehead atoms. The van der Waals surface area contributed by atoms with Gasteiger partial charge in [-0.2, -0.15) is 9.97 Å². The van der Waals surface area contributed by atoms with Gasteiger partial charge in [-0.25, -0.2) is 13.8 Å². The molecule has 1 aromatic carbocycles. The van der Waals surface area contributed by atoms with Gasteiger partial charge >= 0.3 is 6.01 Å². The summed E-state index contributed by atoms with van der Waals surface area (Å²) >= 11 is 1.01. The predicted molar refractivity (Wildman–Crippen MR) is 112 cm³/mol. The molecule has 0 atom stereocenters. The van der Waals surface area contributed by atoms with Crippen molar-refractivity contribution in [1.29, 1.82) is 0 Å². The highest BCUT2D eigenvalue weighted by Gasteiger charge is 2.23. The van der Waals surface area contributed by atoms with Crippen molar-refractivity contribution >= 4 is 43.4 Å². The Balaban J connectivity index is 1.74. The van der Waals surface area contributed by atoms with Crippen molar-refractivity contribution < 1.29 is 13.5 Å². The zero-order chi connectivity index (χ0) is 20.8. The van der Waals surface area contributed by atoms with Gasteiger partial charge in [-0.1, -0.05) is 11.3 Å². The Hall–Kier alpha value is -3.18. The van der Waals surface area contributed by atoms with E-state index in [-0.39, 0.29) is 32.6 Å². The summed E-state index contributed by atoms with van der Waals surface area (Å²) in [6.07, 6.45) is 1.54. The second-order valence-electron chi connectivity index (χ2n) is 6.78. The summed E-state index contributed by atoms with van der Waals surface area (Å²) in [5.74, 6) is -0.545. The van der Waals surface area contributed by atoms with E-state index in [0.29, 0.717) is 16.8 Å². The molecule has 0 radical (unpaired) electrons. The number of nitrogens with zero attached hydrogens (tertiary/aromatic N) is 5. The van der Waals surface area contributed by atoms with Crippen LogP contribution in [0.1, 0.15) is 0 Å². The van der Waals surface area contributed by atoms with E-state index in [4.69, 9.17) is 10.5 Å². The first-order chi connectivity index (χ1) is 14.6. The van der Waals surface area contributed by atoms with Crippen LogP contribution in [0.3, 0.4) is 0 Å². The highest BCUT2D eigenvalue weighted by molar-refractivity contribution is 7.22. The summed E-state index contributed by atoms with van der Waals surface area (Å²) in [4.78, 5) is 19.2. The monoisotopic (exact) mass is 429 g/mol. The molecule has 3 N–H and O–H groups in total. The van der Waals surface area contributed by atoms with Gasteiger partial charge in [0.2, 0.25) is 0 Å². The zero-order valence-electron chi connectivity index (χ0n) is 15.9. The minimum atomic E-state index is -0.649. The van der Waals surface area contributed by atoms with Gasteiger partial charge in [0.15, 0.2) is 10.9 Å². The van der Waals surface area contributed by atoms with Gasteiger partial charge in [-0.3, -0.25) is 4.98 Å². The molecule has 11 heteroatoms. The van der Waals surface area contributed by atoms with E-state index >= 15 is 4.39 Å². The number of hydrogen-bond donors (Lipinski definition) is 2. The molecule has 0 amide bonds. The van der Waals surface area contributed by atoms with Crippen molar-refractivity contribution in [3.63, 3.8) is 0 Å². The molecule has 154 valence electrons. The number of aromatic nitrogens is 4. The fraction of sp³-hybridized carbons (Fsp3) is 0.263. The number of halogens is 2. The maximum absolute atomic E-state index is 15.7. The van der Waals surface area contributed by atoms with Crippen LogP contribution in [0.2, 0.25) is 0 Å². The second-order valence-corrected chi connectivity index (χ2v) is 7.81. The lowest BCUT2D eigenvalue weighted by molar-refractivity contribution is 0.381. The van der Waals surface area contributed by atoms with Gasteiger partial charge in [-0.05, 0) is 12.1 Å². The number of nitrogens with one attached hydrogen (secondary N) is 1. The summed E-state index contributed by atoms with van der Waals surface area (Å²) in [6.45, 7) is 3.02. The molecule has 5 rings (SSSR count). The Kier molecular flexibility index (Phi) is 4.55. The van der Waals surface area contributed by atoms with Gasteiger partial charge < -0.3 is 20.7 Å². The van der Waals surface area contributed by atoms with Crippen molar-refractivity contribution in [3.05, 3.63) is 30.0 Å². The number of fused-ring (bicyclic) bond motifs is 2. The first kappa shape index (κ1) is 18.8. The summed E-state index contributed by atoms with van der Waals surface area (Å²) in [5.41, 5.74) is 6.47. The lowest BCUT2D eigenvalue weighted by atomic mass is 10.1. The molecule has 8 nitrogen and oxygen atoms in total. The molecule has 0 aliphatic carbocycles. The lowest BCUT2D eigenvalue weighted by Gasteiger charge is -2.29. The Morgan fingerprint density at radius 2 is 1.93 bits per heavy atom. The summed E-state index contributed by atoms with van der Waals surface area (Å²) in [5, 5.41) is 3.95. The van der Waals surface area contributed by atoms with Crippen LogP contribution in [-0.4, -0.2) is 53.2 Å². The normalized spacial score (nSPS) is 14.6. The fourth-order valence-corrected chi connectivity index (χ4v) is 4.37. The van der Waals surface area contributed by atoms with Crippen molar-refractivity contribution in [2.24, 2.45) is 0 Å². The summed E-state index contributed by atoms with van der Waals surface area (Å²) in [6, 6.07) is 2.77. The largest absolute Gasteiger partial charge is 0.467 e. The van der Waals surface area contributed by atoms with E-state index in [1.54, 1.807) is 0 Å². The number of nitrogen functional groups attached to an aromatic ring is 1. The van der Waals surface area contributed by atoms with Gasteiger partial charge in [0.05, 0.1) is 22.7 Å². The van der Waals surface area contributed by atoms with Crippen molar-refractivity contribution in [3.8, 4) is 17.3 Å². The number of benzene rings is 1. The topological polar surface area (TPSA) is 102 Å². The van der Waals surface area contributed by atoms with Crippen LogP contribution < -0.4 is 20.7 Å². The Morgan fingerprint density at radius 3 is 2.70 bits per heavy atom. The molecule has 1 saturated heterocycles. The van der Waals surface area contributed by atoms with Crippen LogP contribution in [0, 0.1) is 11.6 Å². The molecule has 3 aromatic heterocycles. The number of rotatable bonds is 3. The molecule has 4 aromatic rings. The minimum absolute atomic E-state index is 0.0183. The van der Waals surface area contributed by atoms with E-state index in [1.807, 2.05) is 4.90 Å². The van der Waals surface area contributed by atoms with Crippen LogP contribution in [0.15, 0.2) is 18.3 Å². The van der Waals surface area contributed by atoms with Gasteiger partial charge in [0, 0.05) is 37.9 Å². The van der Waals surface area contributed by atoms with Crippen LogP contribution >= 0.6 is 11.3 Å². The Labute approximate surface area is 173 Å². The van der Waals surface area contributed by atoms with Crippen LogP contribution in [0.5, 0.6) is 6.01 Å². The molecule has 1 aliphatic heterocycles. The number of piperazine rings is 1. The van der Waals surface area contributed by atoms with Crippen molar-refractivity contribution in [1.82, 2.24) is 25.3 Å². The molecule has 4 heterocycles. The first-order valence-electron chi connectivity index (χ1n) is 9.27. The first-order valence-corrected chi connectivity index (χ1v) is 10.1. The molecule has 0 saturated carbocycles. The predicted octanol–water partition coefficient (Wildman–Crippen LogP) is 2.58. The number of ether oxygens (including phenoxy) is 1. The van der Waals surface area contributed by atoms with Gasteiger partial charge in [0.1, 0.15) is 22.8 Å². The maximum Gasteiger partial charge on any atom is 0.318 e. The standard InChI is InChI=1S/C19H17F2N7OS/c1-29-19-26-14-10(17(27-19)28-6-4-23-5-7-28)8-24-13(12(14)21)9-2-3-11(20)16-15(9)25-18(22)30-16/h2-3,8,23H,4-7H2,1H3,(H2,22,25). The Morgan fingerprint density at radius 1 is 1.13 bits per heavy atom. The summed E-state index contributed by atoms with van der Waals surface area (Å²) in [7, 11) is 1.43. The smallest absolute Gasteiger partial charge is 0.318 e. The third kappa shape index (κ3) is 2.97. The number of pyridine rings is 1. The minimum Gasteiger partial charge on any atom is -0.467 e. The molecule has 30 heavy (non-hydrogen) atoms. The van der Waals surface area contributed by atoms with E-state index in [1.165, 1.54) is 25.4 Å². The number of thiazole rings is 1. The quantitative estimate of drug-likeness (QED) is 0.512. The van der Waals surface area contributed by atoms with Crippen LogP contribution in [0.4, 0.5) is 19.7 Å². The van der Waals surface area contributed by atoms with Crippen LogP contribution in [-0.2, 0) is 0 Å². The lowest BCUT2D eigenvalue weighted by Crippen LogP contribution is -2.44. The zero-order valence-corrected chi connectivity index (χ0v) is 16.8. The van der Waals surface area contributed by atoms with E-state index in [9.17, 15) is 4.39 Å². The molecule has 0 spiro atoms. The number of nitrogens with two attached hydrogens (primary N) is 1. The number of anilines is 2. The SMILES string of the molecule is COc1nc(N2CCNCC2)c2cnc(-c3ccc(F)c4sc(N)nc34)c(F)c2n1. The molecule has 0 unspecified atom stereocenters. The van der Waals surface area contributed by atoms with Crippen molar-refractivity contribution in [2.75, 3.05) is 43.9 Å². The van der Waals surface area contributed by atoms with E-state index in [0.717, 1.165) is 37.5 Å². The number of methoxy groups -OCH3 is 1. The molecule has 1 fully saturated rings. The average molecular weight is 429 g/mol. The molecule has 1 aliphatic rings. The van der Waals surface area contributed by atoms with Gasteiger partial charge in [0.25, 0.3) is 0 Å². The third-order valence-corrected chi connectivity index (χ3v) is 5.90. The van der Waals surface area contributed by atoms with Gasteiger partial charge in [-0.15, -0.1) is 0 Å². The van der Waals surface area contributed by atoms with Crippen molar-refractivity contribution in [2.45, 2.75) is 0 Å².